The highest BCUT2D eigenvalue weighted by molar-refractivity contribution is 7.89. The molecule has 0 aromatic carbocycles. The highest BCUT2D eigenvalue weighted by atomic mass is 32.2. The Hall–Kier alpha value is -2.22. The zero-order valence-corrected chi connectivity index (χ0v) is 10.9. The van der Waals surface area contributed by atoms with Gasteiger partial charge in [-0.1, -0.05) is 6.08 Å². The Bertz CT molecular complexity index is 693. The van der Waals surface area contributed by atoms with Crippen LogP contribution in [0.3, 0.4) is 0 Å². The minimum absolute atomic E-state index is 0.0462. The monoisotopic (exact) mass is 279 g/mol. The van der Waals surface area contributed by atoms with Crippen LogP contribution in [0.15, 0.2) is 37.3 Å². The molecule has 2 heterocycles. The van der Waals surface area contributed by atoms with Crippen LogP contribution < -0.4 is 5.73 Å². The minimum Gasteiger partial charge on any atom is -0.384 e. The van der Waals surface area contributed by atoms with Gasteiger partial charge in [0.15, 0.2) is 5.82 Å². The van der Waals surface area contributed by atoms with E-state index in [0.29, 0.717) is 23.6 Å². The fraction of sp³-hybridized carbons (Fsp3) is 0.182. The van der Waals surface area contributed by atoms with Gasteiger partial charge >= 0.3 is 0 Å². The Morgan fingerprint density at radius 3 is 2.95 bits per heavy atom. The van der Waals surface area contributed by atoms with E-state index < -0.39 is 10.0 Å². The summed E-state index contributed by atoms with van der Waals surface area (Å²) < 4.78 is 24.7. The third kappa shape index (κ3) is 2.97. The van der Waals surface area contributed by atoms with Gasteiger partial charge in [0.2, 0.25) is 0 Å². The number of anilines is 1. The molecule has 0 unspecified atom stereocenters. The lowest BCUT2D eigenvalue weighted by Crippen LogP contribution is -2.16. The number of nitrogen functional groups attached to an aromatic ring is 1. The van der Waals surface area contributed by atoms with Gasteiger partial charge < -0.3 is 5.73 Å². The Balaban J connectivity index is 2.31. The lowest BCUT2D eigenvalue weighted by atomic mass is 10.3. The lowest BCUT2D eigenvalue weighted by molar-refractivity contribution is 0.580. The molecule has 0 aliphatic carbocycles. The smallest absolute Gasteiger partial charge is 0.254 e. The Kier molecular flexibility index (Phi) is 3.61. The molecule has 2 aromatic rings. The molecule has 0 spiro atoms. The third-order valence-electron chi connectivity index (χ3n) is 2.36. The van der Waals surface area contributed by atoms with Crippen LogP contribution in [0.2, 0.25) is 0 Å². The van der Waals surface area contributed by atoms with E-state index >= 15 is 0 Å². The molecule has 2 N–H and O–H groups in total. The lowest BCUT2D eigenvalue weighted by Gasteiger charge is -2.01. The first-order valence-electron chi connectivity index (χ1n) is 5.50. The number of rotatable bonds is 5. The molecular weight excluding hydrogens is 266 g/mol. The van der Waals surface area contributed by atoms with E-state index in [2.05, 4.69) is 21.6 Å². The van der Waals surface area contributed by atoms with Crippen LogP contribution in [0, 0.1) is 0 Å². The van der Waals surface area contributed by atoms with Crippen molar-refractivity contribution >= 4 is 15.8 Å². The van der Waals surface area contributed by atoms with Crippen molar-refractivity contribution < 1.29 is 8.42 Å². The van der Waals surface area contributed by atoms with Crippen molar-refractivity contribution in [1.29, 1.82) is 0 Å². The van der Waals surface area contributed by atoms with Crippen LogP contribution in [0.1, 0.15) is 6.42 Å². The van der Waals surface area contributed by atoms with Gasteiger partial charge in [0.25, 0.3) is 10.0 Å². The van der Waals surface area contributed by atoms with Crippen molar-refractivity contribution in [3.8, 4) is 11.4 Å². The molecular formula is C11H13N5O2S. The highest BCUT2D eigenvalue weighted by Crippen LogP contribution is 2.15. The van der Waals surface area contributed by atoms with Gasteiger partial charge in [-0.15, -0.1) is 6.58 Å². The highest BCUT2D eigenvalue weighted by Gasteiger charge is 2.15. The molecule has 0 saturated carbocycles. The van der Waals surface area contributed by atoms with Crippen LogP contribution in [0.5, 0.6) is 0 Å². The summed E-state index contributed by atoms with van der Waals surface area (Å²) in [4.78, 5) is 8.02. The summed E-state index contributed by atoms with van der Waals surface area (Å²) in [5.41, 5.74) is 6.04. The van der Waals surface area contributed by atoms with E-state index in [-0.39, 0.29) is 5.75 Å². The van der Waals surface area contributed by atoms with E-state index in [4.69, 9.17) is 5.73 Å². The van der Waals surface area contributed by atoms with Gasteiger partial charge in [0, 0.05) is 6.20 Å². The maximum absolute atomic E-state index is 11.9. The van der Waals surface area contributed by atoms with Gasteiger partial charge in [-0.3, -0.25) is 0 Å². The molecule has 8 heteroatoms. The van der Waals surface area contributed by atoms with E-state index in [0.717, 1.165) is 4.09 Å². The first-order chi connectivity index (χ1) is 9.03. The predicted molar refractivity (Wildman–Crippen MR) is 71.7 cm³/mol. The summed E-state index contributed by atoms with van der Waals surface area (Å²) in [6, 6.07) is 1.55. The number of nitrogens with zero attached hydrogens (tertiary/aromatic N) is 4. The van der Waals surface area contributed by atoms with Crippen LogP contribution in [-0.2, 0) is 10.0 Å². The molecule has 0 aliphatic rings. The molecule has 100 valence electrons. The number of hydrogen-bond donors (Lipinski definition) is 1. The largest absolute Gasteiger partial charge is 0.384 e. The van der Waals surface area contributed by atoms with E-state index in [1.165, 1.54) is 18.6 Å². The topological polar surface area (TPSA) is 104 Å². The number of hydrogen-bond acceptors (Lipinski definition) is 6. The summed E-state index contributed by atoms with van der Waals surface area (Å²) in [5.74, 6) is 0.604. The van der Waals surface area contributed by atoms with E-state index in [9.17, 15) is 8.42 Å². The standard InChI is InChI=1S/C11H13N5O2S/c1-2-3-6-19(17,18)16-8-9(7-14-16)11-13-5-4-10(12)15-11/h2,4-5,7-8H,1,3,6H2,(H2,12,13,15). The van der Waals surface area contributed by atoms with E-state index in [1.807, 2.05) is 0 Å². The average Bonchev–Trinajstić information content (AvgIpc) is 2.87. The molecule has 0 bridgehead atoms. The summed E-state index contributed by atoms with van der Waals surface area (Å²) in [5, 5.41) is 3.82. The average molecular weight is 279 g/mol. The Labute approximate surface area is 110 Å². The summed E-state index contributed by atoms with van der Waals surface area (Å²) in [6.07, 6.45) is 6.17. The van der Waals surface area contributed by atoms with E-state index in [1.54, 1.807) is 12.1 Å². The second-order valence-electron chi connectivity index (χ2n) is 3.80. The minimum atomic E-state index is -3.47. The van der Waals surface area contributed by atoms with Crippen molar-refractivity contribution in [3.05, 3.63) is 37.3 Å². The van der Waals surface area contributed by atoms with Crippen LogP contribution in [0.4, 0.5) is 5.82 Å². The van der Waals surface area contributed by atoms with Gasteiger partial charge in [0.05, 0.1) is 23.7 Å². The zero-order chi connectivity index (χ0) is 13.9. The van der Waals surface area contributed by atoms with Crippen molar-refractivity contribution in [2.45, 2.75) is 6.42 Å². The van der Waals surface area contributed by atoms with Gasteiger partial charge in [0.1, 0.15) is 5.82 Å². The maximum atomic E-state index is 11.9. The first-order valence-corrected chi connectivity index (χ1v) is 7.11. The van der Waals surface area contributed by atoms with Crippen molar-refractivity contribution in [2.75, 3.05) is 11.5 Å². The van der Waals surface area contributed by atoms with Crippen LogP contribution in [0.25, 0.3) is 11.4 Å². The number of aromatic nitrogens is 4. The van der Waals surface area contributed by atoms with Gasteiger partial charge in [-0.25, -0.2) is 18.4 Å². The summed E-state index contributed by atoms with van der Waals surface area (Å²) in [7, 11) is -3.47. The maximum Gasteiger partial charge on any atom is 0.254 e. The zero-order valence-electron chi connectivity index (χ0n) is 10.1. The first kappa shape index (κ1) is 13.2. The molecule has 19 heavy (non-hydrogen) atoms. The number of allylic oxidation sites excluding steroid dienone is 1. The Morgan fingerprint density at radius 2 is 2.26 bits per heavy atom. The van der Waals surface area contributed by atoms with Gasteiger partial charge in [-0.2, -0.15) is 9.19 Å². The fourth-order valence-electron chi connectivity index (χ4n) is 1.41. The second-order valence-corrected chi connectivity index (χ2v) is 5.75. The molecule has 0 radical (unpaired) electrons. The molecule has 0 saturated heterocycles. The van der Waals surface area contributed by atoms with Crippen molar-refractivity contribution in [1.82, 2.24) is 19.2 Å². The molecule has 0 atom stereocenters. The molecule has 0 aliphatic heterocycles. The molecule has 0 amide bonds. The third-order valence-corrected chi connectivity index (χ3v) is 3.88. The van der Waals surface area contributed by atoms with Crippen molar-refractivity contribution in [2.24, 2.45) is 0 Å². The molecule has 2 aromatic heterocycles. The van der Waals surface area contributed by atoms with Crippen molar-refractivity contribution in [3.63, 3.8) is 0 Å². The predicted octanol–water partition coefficient (Wildman–Crippen LogP) is 0.676. The molecule has 0 fully saturated rings. The van der Waals surface area contributed by atoms with Crippen LogP contribution in [-0.4, -0.2) is 33.3 Å². The second kappa shape index (κ2) is 5.19. The Morgan fingerprint density at radius 1 is 1.47 bits per heavy atom. The fourth-order valence-corrected chi connectivity index (χ4v) is 2.53. The molecule has 2 rings (SSSR count). The summed E-state index contributed by atoms with van der Waals surface area (Å²) in [6.45, 7) is 3.49. The molecule has 7 nitrogen and oxygen atoms in total. The van der Waals surface area contributed by atoms with Gasteiger partial charge in [-0.05, 0) is 12.5 Å². The van der Waals surface area contributed by atoms with Crippen LogP contribution >= 0.6 is 0 Å². The normalized spacial score (nSPS) is 11.4. The SMILES string of the molecule is C=CCCS(=O)(=O)n1cc(-c2nccc(N)n2)cn1. The number of nitrogens with two attached hydrogens (primary N) is 1. The quantitative estimate of drug-likeness (QED) is 0.807. The summed E-state index contributed by atoms with van der Waals surface area (Å²) >= 11 is 0.